The highest BCUT2D eigenvalue weighted by atomic mass is 16.5. The summed E-state index contributed by atoms with van der Waals surface area (Å²) in [4.78, 5) is 0. The van der Waals surface area contributed by atoms with Gasteiger partial charge >= 0.3 is 0 Å². The van der Waals surface area contributed by atoms with E-state index in [9.17, 15) is 0 Å². The molecule has 28 heavy (non-hydrogen) atoms. The Morgan fingerprint density at radius 2 is 1.36 bits per heavy atom. The first-order valence-corrected chi connectivity index (χ1v) is 11.5. The highest BCUT2D eigenvalue weighted by Gasteiger charge is 2.21. The summed E-state index contributed by atoms with van der Waals surface area (Å²) in [6, 6.07) is 18.0. The average Bonchev–Trinajstić information content (AvgIpc) is 2.76. The summed E-state index contributed by atoms with van der Waals surface area (Å²) < 4.78 is 5.24. The molecule has 0 amide bonds. The van der Waals surface area contributed by atoms with Crippen molar-refractivity contribution in [2.24, 2.45) is 5.92 Å². The largest absolute Gasteiger partial charge is 0.497 e. The minimum absolute atomic E-state index is 0.794. The minimum Gasteiger partial charge on any atom is -0.497 e. The van der Waals surface area contributed by atoms with Crippen molar-refractivity contribution in [3.05, 3.63) is 65.2 Å². The standard InChI is InChI=1S/C27H38O/c1-3-4-5-6-7-22-10-16-25(17-11-22)26-18-12-23(13-19-26)8-9-24-14-20-27(28-2)21-15-24/h12-15,18-22,25H,3-11,16-17H2,1-2H3/t22-,25-. The Morgan fingerprint density at radius 3 is 1.93 bits per heavy atom. The van der Waals surface area contributed by atoms with E-state index in [1.54, 1.807) is 12.7 Å². The number of unbranched alkanes of at least 4 members (excludes halogenated alkanes) is 3. The van der Waals surface area contributed by atoms with Crippen LogP contribution in [0.25, 0.3) is 0 Å². The van der Waals surface area contributed by atoms with Gasteiger partial charge in [0.2, 0.25) is 0 Å². The fourth-order valence-corrected chi connectivity index (χ4v) is 4.68. The second-order valence-corrected chi connectivity index (χ2v) is 8.66. The Balaban J connectivity index is 1.41. The molecule has 0 N–H and O–H groups in total. The lowest BCUT2D eigenvalue weighted by atomic mass is 9.77. The number of ether oxygens (including phenoxy) is 1. The van der Waals surface area contributed by atoms with E-state index >= 15 is 0 Å². The number of rotatable bonds is 10. The van der Waals surface area contributed by atoms with Crippen LogP contribution in [-0.4, -0.2) is 7.11 Å². The molecule has 0 aromatic heterocycles. The van der Waals surface area contributed by atoms with Crippen molar-refractivity contribution in [2.75, 3.05) is 7.11 Å². The van der Waals surface area contributed by atoms with E-state index in [0.717, 1.165) is 30.4 Å². The zero-order valence-electron chi connectivity index (χ0n) is 18.0. The van der Waals surface area contributed by atoms with E-state index < -0.39 is 0 Å². The van der Waals surface area contributed by atoms with E-state index in [2.05, 4.69) is 55.5 Å². The monoisotopic (exact) mass is 378 g/mol. The van der Waals surface area contributed by atoms with E-state index in [-0.39, 0.29) is 0 Å². The summed E-state index contributed by atoms with van der Waals surface area (Å²) in [5, 5.41) is 0. The maximum Gasteiger partial charge on any atom is 0.118 e. The highest BCUT2D eigenvalue weighted by Crippen LogP contribution is 2.37. The second kappa shape index (κ2) is 11.3. The van der Waals surface area contributed by atoms with E-state index in [1.165, 1.54) is 68.9 Å². The van der Waals surface area contributed by atoms with Crippen LogP contribution in [0.1, 0.15) is 87.3 Å². The second-order valence-electron chi connectivity index (χ2n) is 8.66. The zero-order chi connectivity index (χ0) is 19.6. The highest BCUT2D eigenvalue weighted by molar-refractivity contribution is 5.29. The van der Waals surface area contributed by atoms with Crippen LogP contribution in [0.4, 0.5) is 0 Å². The number of hydrogen-bond acceptors (Lipinski definition) is 1. The lowest BCUT2D eigenvalue weighted by Gasteiger charge is -2.29. The van der Waals surface area contributed by atoms with Crippen molar-refractivity contribution in [1.82, 2.24) is 0 Å². The van der Waals surface area contributed by atoms with Crippen LogP contribution < -0.4 is 4.74 Å². The number of hydrogen-bond donors (Lipinski definition) is 0. The van der Waals surface area contributed by atoms with Crippen LogP contribution in [0, 0.1) is 5.92 Å². The van der Waals surface area contributed by atoms with E-state index in [0.29, 0.717) is 0 Å². The van der Waals surface area contributed by atoms with Crippen molar-refractivity contribution >= 4 is 0 Å². The molecule has 152 valence electrons. The molecule has 0 bridgehead atoms. The molecule has 0 atom stereocenters. The Morgan fingerprint density at radius 1 is 0.750 bits per heavy atom. The fraction of sp³-hybridized carbons (Fsp3) is 0.556. The fourth-order valence-electron chi connectivity index (χ4n) is 4.68. The average molecular weight is 379 g/mol. The van der Waals surface area contributed by atoms with Gasteiger partial charge in [0.1, 0.15) is 5.75 Å². The van der Waals surface area contributed by atoms with Crippen LogP contribution in [0.5, 0.6) is 5.75 Å². The van der Waals surface area contributed by atoms with Crippen molar-refractivity contribution in [2.45, 2.75) is 83.5 Å². The molecule has 0 spiro atoms. The predicted molar refractivity (Wildman–Crippen MR) is 120 cm³/mol. The molecule has 0 radical (unpaired) electrons. The van der Waals surface area contributed by atoms with Gasteiger partial charge in [-0.25, -0.2) is 0 Å². The van der Waals surface area contributed by atoms with Crippen LogP contribution in [-0.2, 0) is 12.8 Å². The van der Waals surface area contributed by atoms with Gasteiger partial charge in [0, 0.05) is 0 Å². The van der Waals surface area contributed by atoms with Gasteiger partial charge in [-0.3, -0.25) is 0 Å². The third kappa shape index (κ3) is 6.40. The van der Waals surface area contributed by atoms with Gasteiger partial charge in [-0.1, -0.05) is 75.4 Å². The Labute approximate surface area is 172 Å². The molecule has 1 saturated carbocycles. The summed E-state index contributed by atoms with van der Waals surface area (Å²) >= 11 is 0. The molecular weight excluding hydrogens is 340 g/mol. The SMILES string of the molecule is CCCCCC[C@H]1CC[C@H](c2ccc(CCc3ccc(OC)cc3)cc2)CC1. The van der Waals surface area contributed by atoms with Crippen molar-refractivity contribution in [1.29, 1.82) is 0 Å². The first-order valence-electron chi connectivity index (χ1n) is 11.5. The molecule has 3 rings (SSSR count). The number of methoxy groups -OCH3 is 1. The summed E-state index contributed by atoms with van der Waals surface area (Å²) in [6.45, 7) is 2.30. The maximum atomic E-state index is 5.24. The van der Waals surface area contributed by atoms with Crippen LogP contribution in [0.15, 0.2) is 48.5 Å². The summed E-state index contributed by atoms with van der Waals surface area (Å²) in [5.74, 6) is 2.73. The van der Waals surface area contributed by atoms with Crippen molar-refractivity contribution in [3.8, 4) is 5.75 Å². The van der Waals surface area contributed by atoms with Gasteiger partial charge in [-0.2, -0.15) is 0 Å². The summed E-state index contributed by atoms with van der Waals surface area (Å²) in [5.41, 5.74) is 4.39. The Kier molecular flexibility index (Phi) is 8.45. The third-order valence-corrected chi connectivity index (χ3v) is 6.63. The molecule has 1 nitrogen and oxygen atoms in total. The molecule has 1 fully saturated rings. The Hall–Kier alpha value is -1.76. The molecule has 0 heterocycles. The van der Waals surface area contributed by atoms with Crippen LogP contribution >= 0.6 is 0 Å². The van der Waals surface area contributed by atoms with Gasteiger partial charge < -0.3 is 4.74 Å². The van der Waals surface area contributed by atoms with E-state index in [4.69, 9.17) is 4.74 Å². The molecule has 2 aromatic rings. The van der Waals surface area contributed by atoms with Gasteiger partial charge in [0.05, 0.1) is 7.11 Å². The van der Waals surface area contributed by atoms with Gasteiger partial charge in [0.25, 0.3) is 0 Å². The van der Waals surface area contributed by atoms with Crippen molar-refractivity contribution in [3.63, 3.8) is 0 Å². The zero-order valence-corrected chi connectivity index (χ0v) is 18.0. The smallest absolute Gasteiger partial charge is 0.118 e. The topological polar surface area (TPSA) is 9.23 Å². The maximum absolute atomic E-state index is 5.24. The van der Waals surface area contributed by atoms with Crippen LogP contribution in [0.2, 0.25) is 0 Å². The van der Waals surface area contributed by atoms with Gasteiger partial charge in [-0.15, -0.1) is 0 Å². The van der Waals surface area contributed by atoms with E-state index in [1.807, 2.05) is 0 Å². The van der Waals surface area contributed by atoms with Crippen LogP contribution in [0.3, 0.4) is 0 Å². The molecular formula is C27H38O. The molecule has 0 saturated heterocycles. The molecule has 0 aliphatic heterocycles. The molecule has 1 aliphatic rings. The summed E-state index contributed by atoms with van der Waals surface area (Å²) in [7, 11) is 1.72. The van der Waals surface area contributed by atoms with Crippen molar-refractivity contribution < 1.29 is 4.74 Å². The number of benzene rings is 2. The first-order chi connectivity index (χ1) is 13.8. The molecule has 2 aromatic carbocycles. The summed E-state index contributed by atoms with van der Waals surface area (Å²) in [6.07, 6.45) is 15.0. The predicted octanol–water partition coefficient (Wildman–Crippen LogP) is 7.72. The van der Waals surface area contributed by atoms with Gasteiger partial charge in [0.15, 0.2) is 0 Å². The lowest BCUT2D eigenvalue weighted by Crippen LogP contribution is -2.13. The lowest BCUT2D eigenvalue weighted by molar-refractivity contribution is 0.302. The third-order valence-electron chi connectivity index (χ3n) is 6.63. The normalized spacial score (nSPS) is 19.5. The quantitative estimate of drug-likeness (QED) is 0.384. The molecule has 1 aliphatic carbocycles. The molecule has 0 unspecified atom stereocenters. The Bertz CT molecular complexity index is 662. The molecule has 1 heteroatoms. The first kappa shape index (κ1) is 21.0. The van der Waals surface area contributed by atoms with Gasteiger partial charge in [-0.05, 0) is 79.2 Å². The number of aryl methyl sites for hydroxylation is 2. The minimum atomic E-state index is 0.794.